The highest BCUT2D eigenvalue weighted by Crippen LogP contribution is 2.10. The molecule has 1 aliphatic heterocycles. The standard InChI is InChI=1S/C12H25N3O2/c1-3-9(4-2)11(13)7-14-12(16)15-10-5-6-17-8-10/h9-11H,3-8,13H2,1-2H3,(H2,14,15,16). The number of amides is 2. The van der Waals surface area contributed by atoms with E-state index >= 15 is 0 Å². The van der Waals surface area contributed by atoms with Crippen molar-refractivity contribution in [3.8, 4) is 0 Å². The first-order valence-electron chi connectivity index (χ1n) is 6.55. The van der Waals surface area contributed by atoms with E-state index in [1.807, 2.05) is 0 Å². The van der Waals surface area contributed by atoms with Gasteiger partial charge in [0.1, 0.15) is 0 Å². The lowest BCUT2D eigenvalue weighted by atomic mass is 9.95. The Kier molecular flexibility index (Phi) is 6.29. The lowest BCUT2D eigenvalue weighted by Gasteiger charge is -2.22. The molecule has 17 heavy (non-hydrogen) atoms. The normalized spacial score (nSPS) is 21.5. The highest BCUT2D eigenvalue weighted by molar-refractivity contribution is 5.74. The molecule has 0 aromatic heterocycles. The topological polar surface area (TPSA) is 76.4 Å². The van der Waals surface area contributed by atoms with Crippen molar-refractivity contribution in [3.63, 3.8) is 0 Å². The molecule has 0 aromatic rings. The fourth-order valence-electron chi connectivity index (χ4n) is 2.16. The molecule has 2 unspecified atom stereocenters. The van der Waals surface area contributed by atoms with Gasteiger partial charge in [-0.2, -0.15) is 0 Å². The van der Waals surface area contributed by atoms with Crippen LogP contribution in [0.4, 0.5) is 4.79 Å². The summed E-state index contributed by atoms with van der Waals surface area (Å²) in [5.74, 6) is 0.477. The number of hydrogen-bond donors (Lipinski definition) is 3. The first-order valence-corrected chi connectivity index (χ1v) is 6.55. The van der Waals surface area contributed by atoms with Crippen LogP contribution in [0.2, 0.25) is 0 Å². The van der Waals surface area contributed by atoms with Gasteiger partial charge in [0.05, 0.1) is 12.6 Å². The second-order valence-electron chi connectivity index (χ2n) is 4.66. The van der Waals surface area contributed by atoms with Crippen molar-refractivity contribution in [3.05, 3.63) is 0 Å². The number of carbonyl (C=O) groups is 1. The van der Waals surface area contributed by atoms with Gasteiger partial charge >= 0.3 is 6.03 Å². The summed E-state index contributed by atoms with van der Waals surface area (Å²) in [5.41, 5.74) is 6.03. The largest absolute Gasteiger partial charge is 0.379 e. The second-order valence-corrected chi connectivity index (χ2v) is 4.66. The number of carbonyl (C=O) groups excluding carboxylic acids is 1. The van der Waals surface area contributed by atoms with Crippen molar-refractivity contribution in [2.75, 3.05) is 19.8 Å². The van der Waals surface area contributed by atoms with Crippen molar-refractivity contribution in [1.29, 1.82) is 0 Å². The Morgan fingerprint density at radius 1 is 1.47 bits per heavy atom. The Bertz CT molecular complexity index is 226. The minimum absolute atomic E-state index is 0.0376. The molecule has 1 aliphatic rings. The van der Waals surface area contributed by atoms with Gasteiger partial charge in [0, 0.05) is 19.2 Å². The molecule has 1 saturated heterocycles. The lowest BCUT2D eigenvalue weighted by Crippen LogP contribution is -2.48. The second kappa shape index (κ2) is 7.50. The third kappa shape index (κ3) is 4.91. The molecule has 5 heteroatoms. The van der Waals surface area contributed by atoms with Crippen molar-refractivity contribution in [1.82, 2.24) is 10.6 Å². The van der Waals surface area contributed by atoms with Gasteiger partial charge in [0.15, 0.2) is 0 Å². The fraction of sp³-hybridized carbons (Fsp3) is 0.917. The summed E-state index contributed by atoms with van der Waals surface area (Å²) >= 11 is 0. The van der Waals surface area contributed by atoms with Crippen LogP contribution in [0.1, 0.15) is 33.1 Å². The molecule has 5 nitrogen and oxygen atoms in total. The number of nitrogens with one attached hydrogen (secondary N) is 2. The molecule has 2 amide bonds. The molecule has 0 spiro atoms. The van der Waals surface area contributed by atoms with Gasteiger partial charge in [-0.3, -0.25) is 0 Å². The molecule has 0 aromatic carbocycles. The van der Waals surface area contributed by atoms with Crippen molar-refractivity contribution in [2.24, 2.45) is 11.7 Å². The Morgan fingerprint density at radius 2 is 2.18 bits per heavy atom. The number of hydrogen-bond acceptors (Lipinski definition) is 3. The summed E-state index contributed by atoms with van der Waals surface area (Å²) in [7, 11) is 0. The van der Waals surface area contributed by atoms with Gasteiger partial charge in [-0.05, 0) is 12.3 Å². The molecule has 100 valence electrons. The Morgan fingerprint density at radius 3 is 2.71 bits per heavy atom. The summed E-state index contributed by atoms with van der Waals surface area (Å²) in [4.78, 5) is 11.6. The quantitative estimate of drug-likeness (QED) is 0.647. The van der Waals surface area contributed by atoms with E-state index in [1.165, 1.54) is 0 Å². The van der Waals surface area contributed by atoms with Crippen LogP contribution in [0.3, 0.4) is 0 Å². The zero-order valence-electron chi connectivity index (χ0n) is 10.9. The van der Waals surface area contributed by atoms with Gasteiger partial charge in [0.25, 0.3) is 0 Å². The van der Waals surface area contributed by atoms with Crippen LogP contribution in [0.25, 0.3) is 0 Å². The number of urea groups is 1. The molecular weight excluding hydrogens is 218 g/mol. The first kappa shape index (κ1) is 14.3. The van der Waals surface area contributed by atoms with Gasteiger partial charge in [-0.15, -0.1) is 0 Å². The maximum absolute atomic E-state index is 11.6. The number of nitrogens with two attached hydrogens (primary N) is 1. The highest BCUT2D eigenvalue weighted by Gasteiger charge is 2.19. The molecule has 1 fully saturated rings. The molecule has 2 atom stereocenters. The van der Waals surface area contributed by atoms with Crippen LogP contribution < -0.4 is 16.4 Å². The highest BCUT2D eigenvalue weighted by atomic mass is 16.5. The predicted octanol–water partition coefficient (Wildman–Crippen LogP) is 0.838. The van der Waals surface area contributed by atoms with E-state index in [4.69, 9.17) is 10.5 Å². The molecule has 0 radical (unpaired) electrons. The van der Waals surface area contributed by atoms with Crippen LogP contribution in [-0.4, -0.2) is 37.9 Å². The summed E-state index contributed by atoms with van der Waals surface area (Å²) in [5, 5.41) is 5.71. The van der Waals surface area contributed by atoms with Crippen molar-refractivity contribution >= 4 is 6.03 Å². The van der Waals surface area contributed by atoms with Crippen molar-refractivity contribution in [2.45, 2.75) is 45.2 Å². The van der Waals surface area contributed by atoms with Gasteiger partial charge < -0.3 is 21.1 Å². The third-order valence-corrected chi connectivity index (χ3v) is 3.42. The van der Waals surface area contributed by atoms with E-state index in [-0.39, 0.29) is 18.1 Å². The minimum Gasteiger partial charge on any atom is -0.379 e. The van der Waals surface area contributed by atoms with Gasteiger partial charge in [0.2, 0.25) is 0 Å². The molecule has 0 bridgehead atoms. The van der Waals surface area contributed by atoms with Crippen LogP contribution in [0, 0.1) is 5.92 Å². The molecule has 1 heterocycles. The van der Waals surface area contributed by atoms with Crippen molar-refractivity contribution < 1.29 is 9.53 Å². The molecule has 0 saturated carbocycles. The SMILES string of the molecule is CCC(CC)C(N)CNC(=O)NC1CCOC1. The van der Waals surface area contributed by atoms with Crippen LogP contribution in [-0.2, 0) is 4.74 Å². The summed E-state index contributed by atoms with van der Waals surface area (Å²) < 4.78 is 5.19. The molecular formula is C12H25N3O2. The maximum Gasteiger partial charge on any atom is 0.315 e. The predicted molar refractivity (Wildman–Crippen MR) is 67.8 cm³/mol. The summed E-state index contributed by atoms with van der Waals surface area (Å²) in [6.07, 6.45) is 3.00. The van der Waals surface area contributed by atoms with E-state index in [1.54, 1.807) is 0 Å². The van der Waals surface area contributed by atoms with Gasteiger partial charge in [-0.25, -0.2) is 4.79 Å². The van der Waals surface area contributed by atoms with E-state index in [0.717, 1.165) is 25.9 Å². The van der Waals surface area contributed by atoms with E-state index in [9.17, 15) is 4.79 Å². The zero-order valence-corrected chi connectivity index (χ0v) is 10.9. The molecule has 4 N–H and O–H groups in total. The van der Waals surface area contributed by atoms with E-state index < -0.39 is 0 Å². The number of rotatable bonds is 6. The van der Waals surface area contributed by atoms with Gasteiger partial charge in [-0.1, -0.05) is 26.7 Å². The third-order valence-electron chi connectivity index (χ3n) is 3.42. The molecule has 1 rings (SSSR count). The summed E-state index contributed by atoms with van der Waals surface area (Å²) in [6.45, 7) is 6.14. The van der Waals surface area contributed by atoms with E-state index in [0.29, 0.717) is 19.1 Å². The number of ether oxygens (including phenoxy) is 1. The smallest absolute Gasteiger partial charge is 0.315 e. The van der Waals surface area contributed by atoms with Crippen LogP contribution in [0.15, 0.2) is 0 Å². The molecule has 0 aliphatic carbocycles. The Labute approximate surface area is 103 Å². The first-order chi connectivity index (χ1) is 8.17. The minimum atomic E-state index is -0.137. The maximum atomic E-state index is 11.6. The average Bonchev–Trinajstić information content (AvgIpc) is 2.81. The lowest BCUT2D eigenvalue weighted by molar-refractivity contribution is 0.188. The zero-order chi connectivity index (χ0) is 12.7. The fourth-order valence-corrected chi connectivity index (χ4v) is 2.16. The van der Waals surface area contributed by atoms with Crippen LogP contribution >= 0.6 is 0 Å². The Hall–Kier alpha value is -0.810. The average molecular weight is 243 g/mol. The Balaban J connectivity index is 2.17. The summed E-state index contributed by atoms with van der Waals surface area (Å²) in [6, 6.07) is 0.0526. The van der Waals surface area contributed by atoms with Crippen LogP contribution in [0.5, 0.6) is 0 Å². The monoisotopic (exact) mass is 243 g/mol. The van der Waals surface area contributed by atoms with E-state index in [2.05, 4.69) is 24.5 Å².